The standard InChI is InChI=1S/C21H20BrN3O3/c1-12-5-7-15(9-13(12)2)25-20(27)16(19(26)23-21(25)28)10-14-6-8-18(24(3)4)17(22)11-14/h5-11H,1-4H3,(H,23,26,28)/b16-10-. The molecule has 1 aliphatic heterocycles. The molecule has 0 saturated carbocycles. The molecule has 1 N–H and O–H groups in total. The summed E-state index contributed by atoms with van der Waals surface area (Å²) in [6, 6.07) is 10.0. The van der Waals surface area contributed by atoms with E-state index in [1.807, 2.05) is 57.1 Å². The molecule has 3 rings (SSSR count). The van der Waals surface area contributed by atoms with E-state index in [1.54, 1.807) is 12.1 Å². The van der Waals surface area contributed by atoms with Crippen molar-refractivity contribution in [3.63, 3.8) is 0 Å². The lowest BCUT2D eigenvalue weighted by molar-refractivity contribution is -0.122. The van der Waals surface area contributed by atoms with Crippen LogP contribution in [0, 0.1) is 13.8 Å². The summed E-state index contributed by atoms with van der Waals surface area (Å²) in [4.78, 5) is 40.5. The smallest absolute Gasteiger partial charge is 0.335 e. The summed E-state index contributed by atoms with van der Waals surface area (Å²) in [5, 5.41) is 2.25. The molecule has 2 aromatic rings. The predicted octanol–water partition coefficient (Wildman–Crippen LogP) is 3.80. The number of rotatable bonds is 3. The predicted molar refractivity (Wildman–Crippen MR) is 113 cm³/mol. The SMILES string of the molecule is Cc1ccc(N2C(=O)NC(=O)/C(=C/c3ccc(N(C)C)c(Br)c3)C2=O)cc1C. The largest absolute Gasteiger partial charge is 0.377 e. The van der Waals surface area contributed by atoms with Gasteiger partial charge in [-0.25, -0.2) is 9.69 Å². The van der Waals surface area contributed by atoms with Gasteiger partial charge in [0, 0.05) is 18.6 Å². The number of barbiturate groups is 1. The molecule has 0 radical (unpaired) electrons. The quantitative estimate of drug-likeness (QED) is 0.580. The summed E-state index contributed by atoms with van der Waals surface area (Å²) >= 11 is 3.49. The van der Waals surface area contributed by atoms with Crippen molar-refractivity contribution in [2.24, 2.45) is 0 Å². The third kappa shape index (κ3) is 3.71. The van der Waals surface area contributed by atoms with Crippen molar-refractivity contribution in [2.45, 2.75) is 13.8 Å². The summed E-state index contributed by atoms with van der Waals surface area (Å²) in [6.45, 7) is 3.85. The lowest BCUT2D eigenvalue weighted by atomic mass is 10.0. The maximum atomic E-state index is 13.0. The van der Waals surface area contributed by atoms with Crippen molar-refractivity contribution in [1.29, 1.82) is 0 Å². The average molecular weight is 442 g/mol. The molecule has 1 heterocycles. The van der Waals surface area contributed by atoms with Crippen LogP contribution in [0.4, 0.5) is 16.2 Å². The van der Waals surface area contributed by atoms with Crippen molar-refractivity contribution in [2.75, 3.05) is 23.9 Å². The minimum atomic E-state index is -0.750. The van der Waals surface area contributed by atoms with Gasteiger partial charge < -0.3 is 4.90 Å². The zero-order valence-electron chi connectivity index (χ0n) is 16.0. The van der Waals surface area contributed by atoms with Crippen molar-refractivity contribution in [3.05, 3.63) is 63.1 Å². The third-order valence-electron chi connectivity index (χ3n) is 4.61. The van der Waals surface area contributed by atoms with Gasteiger partial charge in [0.2, 0.25) is 0 Å². The van der Waals surface area contributed by atoms with Crippen molar-refractivity contribution in [3.8, 4) is 0 Å². The highest BCUT2D eigenvalue weighted by Crippen LogP contribution is 2.28. The molecule has 0 bridgehead atoms. The van der Waals surface area contributed by atoms with E-state index in [-0.39, 0.29) is 5.57 Å². The Morgan fingerprint density at radius 2 is 1.71 bits per heavy atom. The molecule has 1 aliphatic rings. The number of urea groups is 1. The van der Waals surface area contributed by atoms with E-state index >= 15 is 0 Å². The average Bonchev–Trinajstić information content (AvgIpc) is 2.61. The maximum absolute atomic E-state index is 13.0. The number of aryl methyl sites for hydroxylation is 2. The van der Waals surface area contributed by atoms with E-state index in [4.69, 9.17) is 0 Å². The fourth-order valence-corrected chi connectivity index (χ4v) is 3.65. The molecule has 7 heteroatoms. The Morgan fingerprint density at radius 3 is 2.32 bits per heavy atom. The van der Waals surface area contributed by atoms with Gasteiger partial charge in [0.15, 0.2) is 0 Å². The summed E-state index contributed by atoms with van der Waals surface area (Å²) < 4.78 is 0.831. The van der Waals surface area contributed by atoms with Crippen LogP contribution in [0.5, 0.6) is 0 Å². The topological polar surface area (TPSA) is 69.7 Å². The summed E-state index contributed by atoms with van der Waals surface area (Å²) in [7, 11) is 3.84. The zero-order valence-corrected chi connectivity index (χ0v) is 17.6. The number of hydrogen-bond acceptors (Lipinski definition) is 4. The Morgan fingerprint density at radius 1 is 1.00 bits per heavy atom. The first-order valence-corrected chi connectivity index (χ1v) is 9.44. The number of halogens is 1. The Bertz CT molecular complexity index is 1030. The van der Waals surface area contributed by atoms with Crippen LogP contribution in [-0.4, -0.2) is 31.9 Å². The molecule has 6 nitrogen and oxygen atoms in total. The van der Waals surface area contributed by atoms with Gasteiger partial charge in [-0.1, -0.05) is 12.1 Å². The molecule has 1 fully saturated rings. The van der Waals surface area contributed by atoms with E-state index in [1.165, 1.54) is 6.08 Å². The van der Waals surface area contributed by atoms with Gasteiger partial charge >= 0.3 is 6.03 Å². The first kappa shape index (κ1) is 19.8. The van der Waals surface area contributed by atoms with E-state index in [0.717, 1.165) is 26.2 Å². The van der Waals surface area contributed by atoms with Gasteiger partial charge in [-0.3, -0.25) is 14.9 Å². The van der Waals surface area contributed by atoms with E-state index in [0.29, 0.717) is 11.3 Å². The molecular formula is C21H20BrN3O3. The van der Waals surface area contributed by atoms with E-state index in [9.17, 15) is 14.4 Å². The Hall–Kier alpha value is -2.93. The highest BCUT2D eigenvalue weighted by Gasteiger charge is 2.36. The number of carbonyl (C=O) groups excluding carboxylic acids is 3. The Labute approximate surface area is 171 Å². The highest BCUT2D eigenvalue weighted by atomic mass is 79.9. The molecule has 4 amide bonds. The summed E-state index contributed by atoms with van der Waals surface area (Å²) in [5.41, 5.74) is 3.96. The first-order valence-electron chi connectivity index (χ1n) is 8.64. The molecule has 28 heavy (non-hydrogen) atoms. The van der Waals surface area contributed by atoms with Gasteiger partial charge in [0.05, 0.1) is 11.4 Å². The van der Waals surface area contributed by atoms with Gasteiger partial charge in [-0.15, -0.1) is 0 Å². The monoisotopic (exact) mass is 441 g/mol. The van der Waals surface area contributed by atoms with E-state index in [2.05, 4.69) is 21.2 Å². The highest BCUT2D eigenvalue weighted by molar-refractivity contribution is 9.10. The molecule has 0 atom stereocenters. The van der Waals surface area contributed by atoms with Crippen LogP contribution in [0.2, 0.25) is 0 Å². The molecule has 0 unspecified atom stereocenters. The number of hydrogen-bond donors (Lipinski definition) is 1. The van der Waals surface area contributed by atoms with Crippen LogP contribution in [0.3, 0.4) is 0 Å². The van der Waals surface area contributed by atoms with Crippen LogP contribution >= 0.6 is 15.9 Å². The van der Waals surface area contributed by atoms with Gasteiger partial charge in [-0.05, 0) is 76.8 Å². The van der Waals surface area contributed by atoms with Crippen LogP contribution in [0.1, 0.15) is 16.7 Å². The minimum Gasteiger partial charge on any atom is -0.377 e. The fraction of sp³-hybridized carbons (Fsp3) is 0.190. The summed E-state index contributed by atoms with van der Waals surface area (Å²) in [6.07, 6.45) is 1.49. The number of nitrogens with one attached hydrogen (secondary N) is 1. The molecule has 0 aromatic heterocycles. The second-order valence-electron chi connectivity index (χ2n) is 6.83. The number of nitrogens with zero attached hydrogens (tertiary/aromatic N) is 2. The molecule has 0 aliphatic carbocycles. The molecule has 1 saturated heterocycles. The van der Waals surface area contributed by atoms with Crippen molar-refractivity contribution < 1.29 is 14.4 Å². The maximum Gasteiger partial charge on any atom is 0.335 e. The van der Waals surface area contributed by atoms with Crippen LogP contribution in [0.25, 0.3) is 6.08 Å². The molecule has 144 valence electrons. The lowest BCUT2D eigenvalue weighted by Gasteiger charge is -2.27. The number of carbonyl (C=O) groups is 3. The number of anilines is 2. The molecule has 2 aromatic carbocycles. The van der Waals surface area contributed by atoms with Gasteiger partial charge in [0.25, 0.3) is 11.8 Å². The first-order chi connectivity index (χ1) is 13.2. The lowest BCUT2D eigenvalue weighted by Crippen LogP contribution is -2.54. The fourth-order valence-electron chi connectivity index (χ4n) is 2.90. The molecule has 0 spiro atoms. The van der Waals surface area contributed by atoms with Crippen LogP contribution in [-0.2, 0) is 9.59 Å². The van der Waals surface area contributed by atoms with Crippen molar-refractivity contribution >= 4 is 51.2 Å². The van der Waals surface area contributed by atoms with Crippen molar-refractivity contribution in [1.82, 2.24) is 5.32 Å². The summed E-state index contributed by atoms with van der Waals surface area (Å²) in [5.74, 6) is -1.35. The van der Waals surface area contributed by atoms with Gasteiger partial charge in [-0.2, -0.15) is 0 Å². The van der Waals surface area contributed by atoms with E-state index < -0.39 is 17.8 Å². The van der Waals surface area contributed by atoms with Crippen LogP contribution < -0.4 is 15.1 Å². The van der Waals surface area contributed by atoms with Crippen LogP contribution in [0.15, 0.2) is 46.4 Å². The minimum absolute atomic E-state index is 0.0951. The second-order valence-corrected chi connectivity index (χ2v) is 7.69. The zero-order chi connectivity index (χ0) is 20.6. The number of amides is 4. The Balaban J connectivity index is 2.01. The van der Waals surface area contributed by atoms with Gasteiger partial charge in [0.1, 0.15) is 5.57 Å². The Kier molecular flexibility index (Phi) is 5.38. The number of benzene rings is 2. The normalized spacial score (nSPS) is 15.8. The second kappa shape index (κ2) is 7.59. The molecular weight excluding hydrogens is 422 g/mol. The third-order valence-corrected chi connectivity index (χ3v) is 5.25. The number of imide groups is 2.